The standard InChI is InChI=1S/C25H21NO3/c27-25(28)24(18-19-8-3-1-4-9-19)29-22-15-13-20(14-16-22)23-12-7-17-26(23)21-10-5-2-6-11-21/h1-17,24H,18H2,(H,27,28)/t24-/m1/s1. The van der Waals surface area contributed by atoms with Crippen molar-refractivity contribution >= 4 is 5.97 Å². The Hall–Kier alpha value is -3.79. The highest BCUT2D eigenvalue weighted by Gasteiger charge is 2.20. The van der Waals surface area contributed by atoms with E-state index in [4.69, 9.17) is 4.74 Å². The lowest BCUT2D eigenvalue weighted by Crippen LogP contribution is -2.29. The monoisotopic (exact) mass is 383 g/mol. The summed E-state index contributed by atoms with van der Waals surface area (Å²) in [4.78, 5) is 11.6. The fourth-order valence-electron chi connectivity index (χ4n) is 3.31. The van der Waals surface area contributed by atoms with Crippen LogP contribution in [0.5, 0.6) is 5.75 Å². The smallest absolute Gasteiger partial charge is 0.345 e. The van der Waals surface area contributed by atoms with Gasteiger partial charge in [-0.25, -0.2) is 4.79 Å². The number of hydrogen-bond acceptors (Lipinski definition) is 2. The summed E-state index contributed by atoms with van der Waals surface area (Å²) in [7, 11) is 0. The van der Waals surface area contributed by atoms with Crippen LogP contribution in [0.4, 0.5) is 0 Å². The summed E-state index contributed by atoms with van der Waals surface area (Å²) in [6.07, 6.45) is 1.40. The number of ether oxygens (including phenoxy) is 1. The lowest BCUT2D eigenvalue weighted by atomic mass is 10.1. The molecule has 4 nitrogen and oxygen atoms in total. The predicted molar refractivity (Wildman–Crippen MR) is 113 cm³/mol. The van der Waals surface area contributed by atoms with Crippen molar-refractivity contribution in [2.45, 2.75) is 12.5 Å². The van der Waals surface area contributed by atoms with Crippen molar-refractivity contribution in [2.75, 3.05) is 0 Å². The maximum Gasteiger partial charge on any atom is 0.345 e. The summed E-state index contributed by atoms with van der Waals surface area (Å²) in [5.41, 5.74) is 4.10. The van der Waals surface area contributed by atoms with Crippen LogP contribution in [0.15, 0.2) is 103 Å². The van der Waals surface area contributed by atoms with Gasteiger partial charge < -0.3 is 14.4 Å². The largest absolute Gasteiger partial charge is 0.478 e. The van der Waals surface area contributed by atoms with Gasteiger partial charge >= 0.3 is 5.97 Å². The third-order valence-corrected chi connectivity index (χ3v) is 4.75. The molecule has 0 aliphatic heterocycles. The normalized spacial score (nSPS) is 11.7. The van der Waals surface area contributed by atoms with Crippen LogP contribution < -0.4 is 4.74 Å². The Kier molecular flexibility index (Phi) is 5.43. The number of aliphatic carboxylic acids is 1. The summed E-state index contributed by atoms with van der Waals surface area (Å²) in [6.45, 7) is 0. The number of benzene rings is 3. The van der Waals surface area contributed by atoms with Crippen molar-refractivity contribution in [3.05, 3.63) is 109 Å². The zero-order chi connectivity index (χ0) is 20.1. The Morgan fingerprint density at radius 2 is 1.48 bits per heavy atom. The fourth-order valence-corrected chi connectivity index (χ4v) is 3.31. The minimum Gasteiger partial charge on any atom is -0.478 e. The second kappa shape index (κ2) is 8.48. The molecule has 0 aliphatic rings. The molecule has 0 saturated heterocycles. The van der Waals surface area contributed by atoms with Gasteiger partial charge in [0, 0.05) is 18.3 Å². The zero-order valence-corrected chi connectivity index (χ0v) is 15.8. The van der Waals surface area contributed by atoms with Crippen LogP contribution in [-0.4, -0.2) is 21.7 Å². The first-order valence-electron chi connectivity index (χ1n) is 9.47. The number of hydrogen-bond donors (Lipinski definition) is 1. The molecule has 4 aromatic rings. The van der Waals surface area contributed by atoms with Gasteiger partial charge in [0.05, 0.1) is 5.69 Å². The first-order valence-corrected chi connectivity index (χ1v) is 9.47. The van der Waals surface area contributed by atoms with E-state index in [9.17, 15) is 9.90 Å². The molecule has 0 aliphatic carbocycles. The second-order valence-electron chi connectivity index (χ2n) is 6.76. The van der Waals surface area contributed by atoms with Crippen molar-refractivity contribution in [1.82, 2.24) is 4.57 Å². The van der Waals surface area contributed by atoms with Crippen LogP contribution in [0.3, 0.4) is 0 Å². The van der Waals surface area contributed by atoms with Gasteiger partial charge in [-0.05, 0) is 59.7 Å². The molecule has 29 heavy (non-hydrogen) atoms. The molecule has 4 heteroatoms. The van der Waals surface area contributed by atoms with E-state index in [0.717, 1.165) is 22.5 Å². The van der Waals surface area contributed by atoms with Crippen molar-refractivity contribution in [2.24, 2.45) is 0 Å². The lowest BCUT2D eigenvalue weighted by molar-refractivity contribution is -0.145. The zero-order valence-electron chi connectivity index (χ0n) is 15.8. The van der Waals surface area contributed by atoms with Crippen LogP contribution in [0, 0.1) is 0 Å². The van der Waals surface area contributed by atoms with Gasteiger partial charge in [-0.3, -0.25) is 0 Å². The first kappa shape index (κ1) is 18.6. The highest BCUT2D eigenvalue weighted by Crippen LogP contribution is 2.26. The summed E-state index contributed by atoms with van der Waals surface area (Å²) in [6, 6.07) is 31.2. The SMILES string of the molecule is O=C(O)[C@@H](Cc1ccccc1)Oc1ccc(-c2cccn2-c2ccccc2)cc1. The van der Waals surface area contributed by atoms with Gasteiger partial charge in [0.25, 0.3) is 0 Å². The topological polar surface area (TPSA) is 51.5 Å². The second-order valence-corrected chi connectivity index (χ2v) is 6.76. The summed E-state index contributed by atoms with van der Waals surface area (Å²) in [5, 5.41) is 9.53. The first-order chi connectivity index (χ1) is 14.2. The van der Waals surface area contributed by atoms with Gasteiger partial charge in [-0.1, -0.05) is 48.5 Å². The molecule has 1 aromatic heterocycles. The quantitative estimate of drug-likeness (QED) is 0.476. The van der Waals surface area contributed by atoms with E-state index in [1.807, 2.05) is 85.1 Å². The van der Waals surface area contributed by atoms with Crippen molar-refractivity contribution in [3.8, 4) is 22.7 Å². The van der Waals surface area contributed by atoms with Crippen LogP contribution in [0.2, 0.25) is 0 Å². The summed E-state index contributed by atoms with van der Waals surface area (Å²) < 4.78 is 7.88. The number of para-hydroxylation sites is 1. The minimum absolute atomic E-state index is 0.314. The number of carboxylic acids is 1. The van der Waals surface area contributed by atoms with Gasteiger partial charge in [0.2, 0.25) is 0 Å². The van der Waals surface area contributed by atoms with Gasteiger partial charge in [-0.2, -0.15) is 0 Å². The Labute approximate surface area is 169 Å². The third-order valence-electron chi connectivity index (χ3n) is 4.75. The van der Waals surface area contributed by atoms with Gasteiger partial charge in [0.15, 0.2) is 6.10 Å². The van der Waals surface area contributed by atoms with E-state index in [-0.39, 0.29) is 0 Å². The van der Waals surface area contributed by atoms with E-state index in [1.54, 1.807) is 0 Å². The molecule has 3 aromatic carbocycles. The molecule has 0 spiro atoms. The van der Waals surface area contributed by atoms with Crippen LogP contribution in [-0.2, 0) is 11.2 Å². The maximum atomic E-state index is 11.6. The van der Waals surface area contributed by atoms with E-state index >= 15 is 0 Å². The van der Waals surface area contributed by atoms with E-state index < -0.39 is 12.1 Å². The molecule has 1 N–H and O–H groups in total. The molecule has 0 amide bonds. The fraction of sp³-hybridized carbons (Fsp3) is 0.0800. The summed E-state index contributed by atoms with van der Waals surface area (Å²) >= 11 is 0. The molecule has 0 radical (unpaired) electrons. The van der Waals surface area contributed by atoms with E-state index in [2.05, 4.69) is 22.8 Å². The molecule has 0 bridgehead atoms. The van der Waals surface area contributed by atoms with Crippen molar-refractivity contribution in [1.29, 1.82) is 0 Å². The number of nitrogens with zero attached hydrogens (tertiary/aromatic N) is 1. The maximum absolute atomic E-state index is 11.6. The van der Waals surface area contributed by atoms with E-state index in [1.165, 1.54) is 0 Å². The number of carboxylic acid groups (broad SMARTS) is 1. The van der Waals surface area contributed by atoms with Gasteiger partial charge in [0.1, 0.15) is 5.75 Å². The average molecular weight is 383 g/mol. The highest BCUT2D eigenvalue weighted by molar-refractivity contribution is 5.73. The Morgan fingerprint density at radius 1 is 0.828 bits per heavy atom. The molecule has 0 fully saturated rings. The highest BCUT2D eigenvalue weighted by atomic mass is 16.5. The molecule has 1 heterocycles. The molecule has 4 rings (SSSR count). The number of rotatable bonds is 7. The van der Waals surface area contributed by atoms with Crippen LogP contribution in [0.1, 0.15) is 5.56 Å². The Bertz CT molecular complexity index is 1070. The van der Waals surface area contributed by atoms with Crippen LogP contribution in [0.25, 0.3) is 16.9 Å². The predicted octanol–water partition coefficient (Wildman–Crippen LogP) is 5.22. The molecule has 1 atom stereocenters. The molecule has 144 valence electrons. The summed E-state index contributed by atoms with van der Waals surface area (Å²) in [5.74, 6) is -0.439. The molecular weight excluding hydrogens is 362 g/mol. The third kappa shape index (κ3) is 4.38. The minimum atomic E-state index is -0.976. The van der Waals surface area contributed by atoms with Crippen molar-refractivity contribution in [3.63, 3.8) is 0 Å². The average Bonchev–Trinajstić information content (AvgIpc) is 3.25. The number of aromatic nitrogens is 1. The van der Waals surface area contributed by atoms with E-state index in [0.29, 0.717) is 12.2 Å². The Balaban J connectivity index is 1.52. The molecular formula is C25H21NO3. The van der Waals surface area contributed by atoms with Crippen LogP contribution >= 0.6 is 0 Å². The lowest BCUT2D eigenvalue weighted by Gasteiger charge is -2.16. The van der Waals surface area contributed by atoms with Crippen molar-refractivity contribution < 1.29 is 14.6 Å². The number of carbonyl (C=O) groups is 1. The van der Waals surface area contributed by atoms with Gasteiger partial charge in [-0.15, -0.1) is 0 Å². The Morgan fingerprint density at radius 3 is 2.14 bits per heavy atom. The molecule has 0 unspecified atom stereocenters. The molecule has 0 saturated carbocycles.